The number of nitrogen functional groups attached to an aromatic ring is 1. The predicted molar refractivity (Wildman–Crippen MR) is 81.1 cm³/mol. The maximum atomic E-state index is 11.4. The summed E-state index contributed by atoms with van der Waals surface area (Å²) in [5.74, 6) is 0.524. The molecule has 0 radical (unpaired) electrons. The van der Waals surface area contributed by atoms with Crippen molar-refractivity contribution in [3.63, 3.8) is 0 Å². The van der Waals surface area contributed by atoms with Crippen LogP contribution in [0.15, 0.2) is 28.3 Å². The van der Waals surface area contributed by atoms with Crippen LogP contribution in [0.3, 0.4) is 0 Å². The summed E-state index contributed by atoms with van der Waals surface area (Å²) in [5, 5.41) is 9.38. The highest BCUT2D eigenvalue weighted by molar-refractivity contribution is 7.99. The van der Waals surface area contributed by atoms with Crippen molar-refractivity contribution in [1.82, 2.24) is 14.8 Å². The average molecular weight is 303 g/mol. The van der Waals surface area contributed by atoms with Crippen molar-refractivity contribution >= 4 is 23.4 Å². The number of carbonyl (C=O) groups excluding carboxylic acids is 1. The van der Waals surface area contributed by atoms with Gasteiger partial charge in [-0.2, -0.15) is 0 Å². The van der Waals surface area contributed by atoms with E-state index in [0.29, 0.717) is 11.3 Å². The molecule has 1 amide bonds. The average Bonchev–Trinajstić information content (AvgIpc) is 2.69. The number of nitrogens with two attached hydrogens (primary N) is 2. The first-order chi connectivity index (χ1) is 10.1. The molecule has 1 aromatic carbocycles. The number of anilines is 1. The van der Waals surface area contributed by atoms with Crippen LogP contribution in [0, 0.1) is 0 Å². The number of benzene rings is 1. The molecule has 0 atom stereocenters. The molecule has 1 aromatic heterocycles. The zero-order valence-electron chi connectivity index (χ0n) is 11.6. The summed E-state index contributed by atoms with van der Waals surface area (Å²) in [6, 6.07) is 5.27. The van der Waals surface area contributed by atoms with E-state index in [0.717, 1.165) is 41.7 Å². The molecular weight excluding hydrogens is 286 g/mol. The van der Waals surface area contributed by atoms with Crippen LogP contribution in [0.5, 0.6) is 0 Å². The number of aromatic nitrogens is 3. The third-order valence-corrected chi connectivity index (χ3v) is 4.55. The lowest BCUT2D eigenvalue weighted by Crippen LogP contribution is -2.13. The van der Waals surface area contributed by atoms with Gasteiger partial charge in [0.15, 0.2) is 5.16 Å². The summed E-state index contributed by atoms with van der Waals surface area (Å²) in [4.78, 5) is 12.2. The van der Waals surface area contributed by atoms with Crippen LogP contribution in [0.1, 0.15) is 35.4 Å². The number of primary amides is 1. The molecule has 1 aliphatic rings. The maximum Gasteiger partial charge on any atom is 0.250 e. The zero-order chi connectivity index (χ0) is 14.8. The number of nitrogens with zero attached hydrogens (tertiary/aromatic N) is 3. The topological polar surface area (TPSA) is 99.8 Å². The fourth-order valence-electron chi connectivity index (χ4n) is 2.45. The lowest BCUT2D eigenvalue weighted by atomic mass is 10.2. The molecule has 2 aromatic rings. The van der Waals surface area contributed by atoms with E-state index in [4.69, 9.17) is 11.5 Å². The van der Waals surface area contributed by atoms with Gasteiger partial charge >= 0.3 is 0 Å². The summed E-state index contributed by atoms with van der Waals surface area (Å²) < 4.78 is 2.16. The van der Waals surface area contributed by atoms with Crippen LogP contribution in [0.25, 0.3) is 0 Å². The van der Waals surface area contributed by atoms with Gasteiger partial charge in [-0.1, -0.05) is 6.42 Å². The van der Waals surface area contributed by atoms with Crippen molar-refractivity contribution in [2.24, 2.45) is 5.73 Å². The lowest BCUT2D eigenvalue weighted by Gasteiger charge is -2.08. The molecule has 0 saturated heterocycles. The number of rotatable bonds is 3. The third kappa shape index (κ3) is 2.87. The molecule has 0 bridgehead atoms. The molecule has 110 valence electrons. The van der Waals surface area contributed by atoms with E-state index in [1.165, 1.54) is 18.2 Å². The Morgan fingerprint density at radius 3 is 2.90 bits per heavy atom. The molecule has 0 fully saturated rings. The van der Waals surface area contributed by atoms with Gasteiger partial charge in [-0.25, -0.2) is 0 Å². The highest BCUT2D eigenvalue weighted by Gasteiger charge is 2.16. The summed E-state index contributed by atoms with van der Waals surface area (Å²) in [6.07, 6.45) is 4.51. The number of amides is 1. The second kappa shape index (κ2) is 5.77. The van der Waals surface area contributed by atoms with Gasteiger partial charge < -0.3 is 16.0 Å². The molecular formula is C14H17N5OS. The highest BCUT2D eigenvalue weighted by atomic mass is 32.2. The Kier molecular flexibility index (Phi) is 3.83. The number of fused-ring (bicyclic) bond motifs is 1. The van der Waals surface area contributed by atoms with Crippen molar-refractivity contribution in [3.05, 3.63) is 29.6 Å². The maximum absolute atomic E-state index is 11.4. The lowest BCUT2D eigenvalue weighted by molar-refractivity contribution is 0.100. The normalized spacial score (nSPS) is 14.5. The minimum atomic E-state index is -0.518. The molecule has 0 aliphatic carbocycles. The van der Waals surface area contributed by atoms with Crippen LogP contribution >= 0.6 is 11.8 Å². The molecule has 6 nitrogen and oxygen atoms in total. The van der Waals surface area contributed by atoms with Crippen molar-refractivity contribution in [2.45, 2.75) is 42.3 Å². The third-order valence-electron chi connectivity index (χ3n) is 3.57. The molecule has 3 rings (SSSR count). The fraction of sp³-hybridized carbons (Fsp3) is 0.357. The van der Waals surface area contributed by atoms with Crippen molar-refractivity contribution in [1.29, 1.82) is 0 Å². The van der Waals surface area contributed by atoms with Crippen molar-refractivity contribution in [3.8, 4) is 0 Å². The number of carbonyl (C=O) groups is 1. The van der Waals surface area contributed by atoms with Gasteiger partial charge in [0.2, 0.25) is 0 Å². The van der Waals surface area contributed by atoms with E-state index in [1.54, 1.807) is 12.1 Å². The Hall–Kier alpha value is -2.02. The van der Waals surface area contributed by atoms with Crippen LogP contribution in [-0.2, 0) is 13.0 Å². The number of hydrogen-bond acceptors (Lipinski definition) is 5. The second-order valence-electron chi connectivity index (χ2n) is 5.08. The van der Waals surface area contributed by atoms with Gasteiger partial charge in [0.1, 0.15) is 5.82 Å². The molecule has 1 aliphatic heterocycles. The van der Waals surface area contributed by atoms with E-state index in [9.17, 15) is 4.79 Å². The minimum absolute atomic E-state index is 0.343. The first kappa shape index (κ1) is 13.9. The van der Waals surface area contributed by atoms with Gasteiger partial charge in [-0.15, -0.1) is 10.2 Å². The van der Waals surface area contributed by atoms with Gasteiger partial charge in [0.05, 0.1) is 5.56 Å². The monoisotopic (exact) mass is 303 g/mol. The first-order valence-electron chi connectivity index (χ1n) is 6.94. The van der Waals surface area contributed by atoms with E-state index < -0.39 is 5.91 Å². The molecule has 21 heavy (non-hydrogen) atoms. The smallest absolute Gasteiger partial charge is 0.250 e. The van der Waals surface area contributed by atoms with Crippen LogP contribution in [-0.4, -0.2) is 20.7 Å². The number of aryl methyl sites for hydroxylation is 1. The zero-order valence-corrected chi connectivity index (χ0v) is 12.4. The van der Waals surface area contributed by atoms with E-state index >= 15 is 0 Å². The summed E-state index contributed by atoms with van der Waals surface area (Å²) in [7, 11) is 0. The Morgan fingerprint density at radius 2 is 2.10 bits per heavy atom. The van der Waals surface area contributed by atoms with E-state index in [2.05, 4.69) is 14.8 Å². The second-order valence-corrected chi connectivity index (χ2v) is 6.12. The molecule has 0 unspecified atom stereocenters. The molecule has 2 heterocycles. The SMILES string of the molecule is NC(=O)c1cc(Sc2nnc3n2CCCCC3)ccc1N. The molecule has 0 spiro atoms. The Bertz CT molecular complexity index is 682. The Balaban J connectivity index is 1.89. The fourth-order valence-corrected chi connectivity index (χ4v) is 3.36. The standard InChI is InChI=1S/C14H17N5OS/c15-11-6-5-9(8-10(11)13(16)20)21-14-18-17-12-4-2-1-3-7-19(12)14/h5-6,8H,1-4,7,15H2,(H2,16,20). The molecule has 4 N–H and O–H groups in total. The largest absolute Gasteiger partial charge is 0.398 e. The van der Waals surface area contributed by atoms with Crippen molar-refractivity contribution < 1.29 is 4.79 Å². The van der Waals surface area contributed by atoms with Crippen molar-refractivity contribution in [2.75, 3.05) is 5.73 Å². The van der Waals surface area contributed by atoms with Gasteiger partial charge in [-0.3, -0.25) is 4.79 Å². The van der Waals surface area contributed by atoms with Crippen LogP contribution < -0.4 is 11.5 Å². The summed E-state index contributed by atoms with van der Waals surface area (Å²) >= 11 is 1.48. The van der Waals surface area contributed by atoms with Gasteiger partial charge in [0, 0.05) is 23.5 Å². The molecule has 7 heteroatoms. The van der Waals surface area contributed by atoms with E-state index in [1.807, 2.05) is 6.07 Å². The Labute approximate surface area is 126 Å². The van der Waals surface area contributed by atoms with E-state index in [-0.39, 0.29) is 0 Å². The van der Waals surface area contributed by atoms with Crippen LogP contribution in [0.4, 0.5) is 5.69 Å². The number of hydrogen-bond donors (Lipinski definition) is 2. The first-order valence-corrected chi connectivity index (χ1v) is 7.76. The minimum Gasteiger partial charge on any atom is -0.398 e. The summed E-state index contributed by atoms with van der Waals surface area (Å²) in [5.41, 5.74) is 11.8. The quantitative estimate of drug-likeness (QED) is 0.843. The predicted octanol–water partition coefficient (Wildman–Crippen LogP) is 1.84. The molecule has 0 saturated carbocycles. The van der Waals surface area contributed by atoms with Crippen LogP contribution in [0.2, 0.25) is 0 Å². The summed E-state index contributed by atoms with van der Waals surface area (Å²) in [6.45, 7) is 0.947. The van der Waals surface area contributed by atoms with Gasteiger partial charge in [-0.05, 0) is 42.8 Å². The van der Waals surface area contributed by atoms with Gasteiger partial charge in [0.25, 0.3) is 5.91 Å². The Morgan fingerprint density at radius 1 is 1.24 bits per heavy atom. The highest BCUT2D eigenvalue weighted by Crippen LogP contribution is 2.30.